The zero-order valence-corrected chi connectivity index (χ0v) is 12.1. The fourth-order valence-electron chi connectivity index (χ4n) is 2.18. The first kappa shape index (κ1) is 15.0. The lowest BCUT2D eigenvalue weighted by atomic mass is 10.1. The molecule has 100 valence electrons. The van der Waals surface area contributed by atoms with Crippen molar-refractivity contribution in [2.45, 2.75) is 65.2 Å². The Morgan fingerprint density at radius 2 is 1.72 bits per heavy atom. The van der Waals surface area contributed by atoms with E-state index in [0.29, 0.717) is 0 Å². The molecule has 0 spiro atoms. The Morgan fingerprint density at radius 1 is 0.944 bits per heavy atom. The van der Waals surface area contributed by atoms with Gasteiger partial charge >= 0.3 is 0 Å². The van der Waals surface area contributed by atoms with Gasteiger partial charge in [0.25, 0.3) is 0 Å². The van der Waals surface area contributed by atoms with Crippen molar-refractivity contribution in [3.63, 3.8) is 0 Å². The highest BCUT2D eigenvalue weighted by Gasteiger charge is 1.91. The predicted octanol–water partition coefficient (Wildman–Crippen LogP) is 6.01. The van der Waals surface area contributed by atoms with E-state index in [-0.39, 0.29) is 0 Å². The third kappa shape index (κ3) is 6.64. The van der Waals surface area contributed by atoms with Gasteiger partial charge in [-0.3, -0.25) is 0 Å². The van der Waals surface area contributed by atoms with E-state index in [9.17, 15) is 0 Å². The molecule has 0 unspecified atom stereocenters. The zero-order chi connectivity index (χ0) is 13.1. The van der Waals surface area contributed by atoms with Gasteiger partial charge in [-0.2, -0.15) is 0 Å². The van der Waals surface area contributed by atoms with Gasteiger partial charge in [-0.05, 0) is 30.4 Å². The average Bonchev–Trinajstić information content (AvgIpc) is 2.42. The van der Waals surface area contributed by atoms with Crippen LogP contribution in [0.25, 0.3) is 6.08 Å². The molecule has 0 aliphatic heterocycles. The van der Waals surface area contributed by atoms with Crippen molar-refractivity contribution in [2.24, 2.45) is 0 Å². The fraction of sp³-hybridized carbons (Fsp3) is 0.556. The van der Waals surface area contributed by atoms with E-state index in [1.54, 1.807) is 0 Å². The van der Waals surface area contributed by atoms with Crippen LogP contribution < -0.4 is 0 Å². The summed E-state index contributed by atoms with van der Waals surface area (Å²) in [4.78, 5) is 0. The van der Waals surface area contributed by atoms with E-state index in [2.05, 4.69) is 50.3 Å². The van der Waals surface area contributed by atoms with Crippen LogP contribution in [-0.4, -0.2) is 0 Å². The summed E-state index contributed by atoms with van der Waals surface area (Å²) in [6.07, 6.45) is 15.2. The first-order valence-corrected chi connectivity index (χ1v) is 7.62. The van der Waals surface area contributed by atoms with Crippen LogP contribution in [0.4, 0.5) is 0 Å². The molecule has 0 heteroatoms. The maximum absolute atomic E-state index is 2.33. The van der Waals surface area contributed by atoms with Crippen LogP contribution in [0.3, 0.4) is 0 Å². The lowest BCUT2D eigenvalue weighted by Crippen LogP contribution is -1.80. The van der Waals surface area contributed by atoms with Crippen LogP contribution in [-0.2, 0) is 6.42 Å². The van der Waals surface area contributed by atoms with E-state index < -0.39 is 0 Å². The Morgan fingerprint density at radius 3 is 2.50 bits per heavy atom. The molecule has 0 nitrogen and oxygen atoms in total. The normalized spacial score (nSPS) is 11.2. The molecule has 0 atom stereocenters. The molecule has 0 saturated heterocycles. The molecule has 0 radical (unpaired) electrons. The molecule has 0 amide bonds. The third-order valence-electron chi connectivity index (χ3n) is 3.39. The van der Waals surface area contributed by atoms with Gasteiger partial charge in [0.2, 0.25) is 0 Å². The van der Waals surface area contributed by atoms with E-state index in [4.69, 9.17) is 0 Å². The summed E-state index contributed by atoms with van der Waals surface area (Å²) in [5, 5.41) is 0. The Bertz CT molecular complexity index is 336. The van der Waals surface area contributed by atoms with Crippen molar-refractivity contribution in [1.82, 2.24) is 0 Å². The van der Waals surface area contributed by atoms with Gasteiger partial charge in [0.1, 0.15) is 0 Å². The molecular formula is C18H28. The van der Waals surface area contributed by atoms with Crippen LogP contribution in [0.1, 0.15) is 69.9 Å². The molecule has 0 heterocycles. The number of hydrogen-bond acceptors (Lipinski definition) is 0. The van der Waals surface area contributed by atoms with Crippen molar-refractivity contribution in [2.75, 3.05) is 0 Å². The van der Waals surface area contributed by atoms with Crippen molar-refractivity contribution < 1.29 is 0 Å². The van der Waals surface area contributed by atoms with Gasteiger partial charge in [0.05, 0.1) is 0 Å². The Hall–Kier alpha value is -1.04. The van der Waals surface area contributed by atoms with Gasteiger partial charge in [0, 0.05) is 0 Å². The molecular weight excluding hydrogens is 216 g/mol. The maximum atomic E-state index is 2.33. The smallest absolute Gasteiger partial charge is 0.0257 e. The maximum Gasteiger partial charge on any atom is -0.0257 e. The van der Waals surface area contributed by atoms with Crippen LogP contribution in [0.15, 0.2) is 30.3 Å². The molecule has 1 aromatic carbocycles. The first-order valence-electron chi connectivity index (χ1n) is 7.62. The highest BCUT2D eigenvalue weighted by Crippen LogP contribution is 2.10. The minimum absolute atomic E-state index is 1.12. The summed E-state index contributed by atoms with van der Waals surface area (Å²) in [6.45, 7) is 4.48. The highest BCUT2D eigenvalue weighted by atomic mass is 14.0. The molecule has 0 fully saturated rings. The van der Waals surface area contributed by atoms with Crippen molar-refractivity contribution in [1.29, 1.82) is 0 Å². The van der Waals surface area contributed by atoms with E-state index >= 15 is 0 Å². The van der Waals surface area contributed by atoms with Crippen LogP contribution in [0, 0.1) is 0 Å². The number of aryl methyl sites for hydroxylation is 1. The minimum Gasteiger partial charge on any atom is -0.0839 e. The SMILES string of the molecule is CCCCCCCC/C=C/c1cccc(CC)c1. The summed E-state index contributed by atoms with van der Waals surface area (Å²) >= 11 is 0. The minimum atomic E-state index is 1.12. The molecule has 0 bridgehead atoms. The number of allylic oxidation sites excluding steroid dienone is 1. The summed E-state index contributed by atoms with van der Waals surface area (Å²) in [6, 6.07) is 8.84. The topological polar surface area (TPSA) is 0 Å². The standard InChI is InChI=1S/C18H28/c1-3-5-6-7-8-9-10-11-13-18-15-12-14-17(4-2)16-18/h11-16H,3-10H2,1-2H3/b13-11+. The number of hydrogen-bond donors (Lipinski definition) is 0. The van der Waals surface area contributed by atoms with E-state index in [1.807, 2.05) is 0 Å². The number of unbranched alkanes of at least 4 members (excludes halogenated alkanes) is 6. The van der Waals surface area contributed by atoms with Gasteiger partial charge < -0.3 is 0 Å². The molecule has 0 saturated carbocycles. The quantitative estimate of drug-likeness (QED) is 0.466. The van der Waals surface area contributed by atoms with Gasteiger partial charge in [-0.1, -0.05) is 82.4 Å². The lowest BCUT2D eigenvalue weighted by Gasteiger charge is -1.99. The number of rotatable bonds is 9. The fourth-order valence-corrected chi connectivity index (χ4v) is 2.18. The zero-order valence-electron chi connectivity index (χ0n) is 12.1. The second-order valence-electron chi connectivity index (χ2n) is 5.06. The molecule has 0 aromatic heterocycles. The van der Waals surface area contributed by atoms with Crippen LogP contribution >= 0.6 is 0 Å². The lowest BCUT2D eigenvalue weighted by molar-refractivity contribution is 0.611. The summed E-state index contributed by atoms with van der Waals surface area (Å²) in [5.41, 5.74) is 2.78. The Kier molecular flexibility index (Phi) is 8.29. The third-order valence-corrected chi connectivity index (χ3v) is 3.39. The van der Waals surface area contributed by atoms with E-state index in [0.717, 1.165) is 6.42 Å². The van der Waals surface area contributed by atoms with Crippen molar-refractivity contribution in [3.8, 4) is 0 Å². The first-order chi connectivity index (χ1) is 8.86. The van der Waals surface area contributed by atoms with Crippen LogP contribution in [0.2, 0.25) is 0 Å². The Balaban J connectivity index is 2.16. The predicted molar refractivity (Wildman–Crippen MR) is 82.8 cm³/mol. The largest absolute Gasteiger partial charge is 0.0839 e. The molecule has 0 aliphatic carbocycles. The molecule has 1 aromatic rings. The molecule has 18 heavy (non-hydrogen) atoms. The molecule has 0 aliphatic rings. The summed E-state index contributed by atoms with van der Waals surface area (Å²) < 4.78 is 0. The molecule has 1 rings (SSSR count). The monoisotopic (exact) mass is 244 g/mol. The Labute approximate surface area is 113 Å². The summed E-state index contributed by atoms with van der Waals surface area (Å²) in [7, 11) is 0. The van der Waals surface area contributed by atoms with Gasteiger partial charge in [-0.25, -0.2) is 0 Å². The van der Waals surface area contributed by atoms with Crippen LogP contribution in [0.5, 0.6) is 0 Å². The van der Waals surface area contributed by atoms with Crippen molar-refractivity contribution >= 4 is 6.08 Å². The molecule has 0 N–H and O–H groups in total. The average molecular weight is 244 g/mol. The second kappa shape index (κ2) is 9.94. The van der Waals surface area contributed by atoms with Gasteiger partial charge in [-0.15, -0.1) is 0 Å². The summed E-state index contributed by atoms with van der Waals surface area (Å²) in [5.74, 6) is 0. The van der Waals surface area contributed by atoms with Gasteiger partial charge in [0.15, 0.2) is 0 Å². The van der Waals surface area contributed by atoms with E-state index in [1.165, 1.54) is 56.1 Å². The second-order valence-corrected chi connectivity index (χ2v) is 5.06. The van der Waals surface area contributed by atoms with Crippen molar-refractivity contribution in [3.05, 3.63) is 41.5 Å². The highest BCUT2D eigenvalue weighted by molar-refractivity contribution is 5.50. The number of benzene rings is 1.